The molecule has 3 aromatic rings. The van der Waals surface area contributed by atoms with E-state index in [9.17, 15) is 22.0 Å². The lowest BCUT2D eigenvalue weighted by molar-refractivity contribution is -0.276. The standard InChI is InChI=1S/C31H31F7O2/c1-2-3-4-7-20-10-12-21(13-11-20)22-14-16-24(17-15-22)30(34,35)39-28-9-6-5-8-25(28)23-18-26(32)29(27(33)19-23)40-31(36,37)38/h5-6,8-9,14-21H,2-4,7,10-13H2,1H3/t20-,21-. The zero-order valence-electron chi connectivity index (χ0n) is 22.0. The summed E-state index contributed by atoms with van der Waals surface area (Å²) in [6.07, 6.45) is 0.166. The van der Waals surface area contributed by atoms with Gasteiger partial charge in [0.15, 0.2) is 11.6 Å². The molecule has 0 saturated heterocycles. The molecule has 4 rings (SSSR count). The molecule has 1 fully saturated rings. The molecule has 0 aliphatic heterocycles. The van der Waals surface area contributed by atoms with Crippen molar-refractivity contribution in [1.82, 2.24) is 0 Å². The first-order chi connectivity index (χ1) is 19.0. The van der Waals surface area contributed by atoms with Crippen molar-refractivity contribution in [1.29, 1.82) is 0 Å². The maximum absolute atomic E-state index is 15.2. The first-order valence-corrected chi connectivity index (χ1v) is 13.5. The molecule has 0 aromatic heterocycles. The number of rotatable bonds is 10. The molecule has 0 unspecified atom stereocenters. The Kier molecular flexibility index (Phi) is 9.31. The second-order valence-electron chi connectivity index (χ2n) is 10.3. The molecule has 0 spiro atoms. The molecule has 3 aromatic carbocycles. The highest BCUT2D eigenvalue weighted by Gasteiger charge is 2.37. The predicted molar refractivity (Wildman–Crippen MR) is 138 cm³/mol. The van der Waals surface area contributed by atoms with Gasteiger partial charge in [-0.1, -0.05) is 62.9 Å². The van der Waals surface area contributed by atoms with Crippen LogP contribution in [0.15, 0.2) is 60.7 Å². The summed E-state index contributed by atoms with van der Waals surface area (Å²) in [5, 5.41) is 0. The summed E-state index contributed by atoms with van der Waals surface area (Å²) < 4.78 is 105. The van der Waals surface area contributed by atoms with Gasteiger partial charge >= 0.3 is 12.5 Å². The lowest BCUT2D eigenvalue weighted by atomic mass is 9.77. The van der Waals surface area contributed by atoms with Crippen LogP contribution in [0.4, 0.5) is 30.7 Å². The van der Waals surface area contributed by atoms with E-state index in [0.29, 0.717) is 18.1 Å². The molecule has 0 N–H and O–H groups in total. The lowest BCUT2D eigenvalue weighted by Crippen LogP contribution is -2.22. The van der Waals surface area contributed by atoms with Gasteiger partial charge in [0.25, 0.3) is 0 Å². The van der Waals surface area contributed by atoms with E-state index in [1.807, 2.05) is 0 Å². The maximum atomic E-state index is 15.2. The van der Waals surface area contributed by atoms with Crippen molar-refractivity contribution in [2.75, 3.05) is 0 Å². The van der Waals surface area contributed by atoms with Crippen LogP contribution in [0.1, 0.15) is 75.3 Å². The molecule has 1 saturated carbocycles. The first-order valence-electron chi connectivity index (χ1n) is 13.5. The monoisotopic (exact) mass is 568 g/mol. The zero-order valence-corrected chi connectivity index (χ0v) is 22.0. The second kappa shape index (κ2) is 12.5. The summed E-state index contributed by atoms with van der Waals surface area (Å²) in [6, 6.07) is 12.4. The van der Waals surface area contributed by atoms with E-state index in [2.05, 4.69) is 11.7 Å². The molecular formula is C31H31F7O2. The van der Waals surface area contributed by atoms with Crippen LogP contribution in [-0.2, 0) is 6.11 Å². The Hall–Kier alpha value is -3.23. The van der Waals surface area contributed by atoms with Crippen molar-refractivity contribution >= 4 is 0 Å². The van der Waals surface area contributed by atoms with Gasteiger partial charge in [-0.05, 0) is 79.0 Å². The molecule has 1 aliphatic carbocycles. The van der Waals surface area contributed by atoms with Gasteiger partial charge in [0.1, 0.15) is 5.75 Å². The quantitative estimate of drug-likeness (QED) is 0.179. The van der Waals surface area contributed by atoms with Crippen LogP contribution in [0.25, 0.3) is 11.1 Å². The number of hydrogen-bond acceptors (Lipinski definition) is 2. The third-order valence-corrected chi connectivity index (χ3v) is 7.43. The third-order valence-electron chi connectivity index (χ3n) is 7.43. The van der Waals surface area contributed by atoms with Crippen molar-refractivity contribution in [2.24, 2.45) is 5.92 Å². The summed E-state index contributed by atoms with van der Waals surface area (Å²) in [6.45, 7) is 2.19. The van der Waals surface area contributed by atoms with Crippen molar-refractivity contribution in [3.63, 3.8) is 0 Å². The number of halogens is 7. The Labute approximate surface area is 229 Å². The van der Waals surface area contributed by atoms with Gasteiger partial charge in [-0.15, -0.1) is 13.2 Å². The molecule has 9 heteroatoms. The Morgan fingerprint density at radius 1 is 0.775 bits per heavy atom. The average molecular weight is 569 g/mol. The summed E-state index contributed by atoms with van der Waals surface area (Å²) in [4.78, 5) is 0. The maximum Gasteiger partial charge on any atom is 0.573 e. The molecule has 216 valence electrons. The normalized spacial score (nSPS) is 18.0. The van der Waals surface area contributed by atoms with Gasteiger partial charge in [0.2, 0.25) is 5.75 Å². The minimum atomic E-state index is -5.31. The molecule has 0 radical (unpaired) electrons. The van der Waals surface area contributed by atoms with Gasteiger partial charge in [0, 0.05) is 5.56 Å². The van der Waals surface area contributed by atoms with Crippen LogP contribution in [0.3, 0.4) is 0 Å². The van der Waals surface area contributed by atoms with Gasteiger partial charge in [-0.3, -0.25) is 0 Å². The van der Waals surface area contributed by atoms with E-state index >= 15 is 8.78 Å². The third kappa shape index (κ3) is 7.49. The molecular weight excluding hydrogens is 537 g/mol. The highest BCUT2D eigenvalue weighted by atomic mass is 19.4. The fraction of sp³-hybridized carbons (Fsp3) is 0.419. The van der Waals surface area contributed by atoms with E-state index in [0.717, 1.165) is 37.2 Å². The molecule has 40 heavy (non-hydrogen) atoms. The molecule has 2 nitrogen and oxygen atoms in total. The average Bonchev–Trinajstić information content (AvgIpc) is 2.91. The van der Waals surface area contributed by atoms with E-state index in [4.69, 9.17) is 4.74 Å². The smallest absolute Gasteiger partial charge is 0.428 e. The molecule has 1 aliphatic rings. The molecule has 0 bridgehead atoms. The van der Waals surface area contributed by atoms with E-state index in [1.54, 1.807) is 12.1 Å². The van der Waals surface area contributed by atoms with Crippen molar-refractivity contribution < 1.29 is 40.2 Å². The van der Waals surface area contributed by atoms with Crippen LogP contribution >= 0.6 is 0 Å². The van der Waals surface area contributed by atoms with Crippen LogP contribution in [0.2, 0.25) is 0 Å². The van der Waals surface area contributed by atoms with Crippen molar-refractivity contribution in [3.05, 3.63) is 83.4 Å². The van der Waals surface area contributed by atoms with Gasteiger partial charge in [-0.2, -0.15) is 8.78 Å². The fourth-order valence-corrected chi connectivity index (χ4v) is 5.34. The minimum absolute atomic E-state index is 0.133. The zero-order chi connectivity index (χ0) is 28.9. The van der Waals surface area contributed by atoms with E-state index in [1.165, 1.54) is 62.1 Å². The molecule has 0 atom stereocenters. The summed E-state index contributed by atoms with van der Waals surface area (Å²) >= 11 is 0. The molecule has 0 amide bonds. The highest BCUT2D eigenvalue weighted by Crippen LogP contribution is 2.41. The Morgan fingerprint density at radius 3 is 2.00 bits per heavy atom. The van der Waals surface area contributed by atoms with Crippen LogP contribution in [0.5, 0.6) is 11.5 Å². The van der Waals surface area contributed by atoms with Crippen LogP contribution < -0.4 is 9.47 Å². The van der Waals surface area contributed by atoms with Crippen LogP contribution in [0, 0.1) is 17.6 Å². The number of para-hydroxylation sites is 1. The van der Waals surface area contributed by atoms with Crippen molar-refractivity contribution in [2.45, 2.75) is 76.7 Å². The second-order valence-corrected chi connectivity index (χ2v) is 10.3. The Bertz CT molecular complexity index is 1240. The Balaban J connectivity index is 1.47. The number of ether oxygens (including phenoxy) is 2. The van der Waals surface area contributed by atoms with Crippen LogP contribution in [-0.4, -0.2) is 6.36 Å². The Morgan fingerprint density at radius 2 is 1.40 bits per heavy atom. The van der Waals surface area contributed by atoms with Crippen molar-refractivity contribution in [3.8, 4) is 22.6 Å². The molecule has 0 heterocycles. The summed E-state index contributed by atoms with van der Waals surface area (Å²) in [7, 11) is 0. The predicted octanol–water partition coefficient (Wildman–Crippen LogP) is 10.5. The summed E-state index contributed by atoms with van der Waals surface area (Å²) in [5.74, 6) is -4.26. The van der Waals surface area contributed by atoms with Gasteiger partial charge in [0.05, 0.1) is 5.56 Å². The SMILES string of the molecule is CCCCC[C@H]1CC[C@H](c2ccc(C(F)(F)Oc3ccccc3-c3cc(F)c(OC(F)(F)F)c(F)c3)cc2)CC1. The minimum Gasteiger partial charge on any atom is -0.428 e. The fourth-order valence-electron chi connectivity index (χ4n) is 5.34. The number of alkyl halides is 5. The lowest BCUT2D eigenvalue weighted by Gasteiger charge is -2.29. The number of benzene rings is 3. The van der Waals surface area contributed by atoms with E-state index in [-0.39, 0.29) is 11.1 Å². The van der Waals surface area contributed by atoms with E-state index < -0.39 is 41.2 Å². The highest BCUT2D eigenvalue weighted by molar-refractivity contribution is 5.71. The van der Waals surface area contributed by atoms with Gasteiger partial charge < -0.3 is 9.47 Å². The number of hydrogen-bond donors (Lipinski definition) is 0. The largest absolute Gasteiger partial charge is 0.573 e. The summed E-state index contributed by atoms with van der Waals surface area (Å²) in [5.41, 5.74) is 0.173. The topological polar surface area (TPSA) is 18.5 Å². The number of unbranched alkanes of at least 4 members (excludes halogenated alkanes) is 2. The first kappa shape index (κ1) is 29.7. The van der Waals surface area contributed by atoms with Gasteiger partial charge in [-0.25, -0.2) is 8.78 Å².